The zero-order valence-corrected chi connectivity index (χ0v) is 12.3. The maximum atomic E-state index is 13.8. The Morgan fingerprint density at radius 1 is 1.17 bits per heavy atom. The first-order valence-corrected chi connectivity index (χ1v) is 6.51. The fraction of sp³-hybridized carbons (Fsp3) is 0.200. The van der Waals surface area contributed by atoms with Gasteiger partial charge in [-0.2, -0.15) is 4.39 Å². The van der Waals surface area contributed by atoms with Crippen molar-refractivity contribution in [1.82, 2.24) is 0 Å². The van der Waals surface area contributed by atoms with Crippen molar-refractivity contribution in [2.75, 3.05) is 19.1 Å². The molecule has 0 heterocycles. The van der Waals surface area contributed by atoms with Crippen molar-refractivity contribution in [2.45, 2.75) is 6.54 Å². The first-order valence-electron chi connectivity index (χ1n) is 6.51. The van der Waals surface area contributed by atoms with E-state index in [1.807, 2.05) is 0 Å². The van der Waals surface area contributed by atoms with Gasteiger partial charge < -0.3 is 9.64 Å². The molecule has 0 bridgehead atoms. The summed E-state index contributed by atoms with van der Waals surface area (Å²) in [5.74, 6) is -2.54. The second-order valence-electron chi connectivity index (χ2n) is 4.80. The van der Waals surface area contributed by atoms with Gasteiger partial charge in [0.2, 0.25) is 5.82 Å². The number of nitro benzene ring substituents is 1. The molecule has 2 aromatic carbocycles. The van der Waals surface area contributed by atoms with Gasteiger partial charge in [-0.25, -0.2) is 8.78 Å². The van der Waals surface area contributed by atoms with Crippen molar-refractivity contribution in [3.05, 3.63) is 63.5 Å². The van der Waals surface area contributed by atoms with Crippen LogP contribution >= 0.6 is 0 Å². The molecule has 0 unspecified atom stereocenters. The molecule has 0 radical (unpaired) electrons. The van der Waals surface area contributed by atoms with Crippen molar-refractivity contribution >= 4 is 11.4 Å². The van der Waals surface area contributed by atoms with Crippen LogP contribution in [0.15, 0.2) is 30.3 Å². The van der Waals surface area contributed by atoms with Crippen LogP contribution in [0.25, 0.3) is 0 Å². The quantitative estimate of drug-likeness (QED) is 0.621. The van der Waals surface area contributed by atoms with Gasteiger partial charge in [-0.05, 0) is 12.1 Å². The van der Waals surface area contributed by atoms with Crippen LogP contribution in [0.5, 0.6) is 5.75 Å². The molecule has 0 spiro atoms. The Balaban J connectivity index is 2.42. The molecule has 0 saturated heterocycles. The number of halogens is 3. The van der Waals surface area contributed by atoms with Crippen LogP contribution in [0.3, 0.4) is 0 Å². The highest BCUT2D eigenvalue weighted by atomic mass is 19.1. The first-order chi connectivity index (χ1) is 10.8. The summed E-state index contributed by atoms with van der Waals surface area (Å²) in [5.41, 5.74) is -0.796. The molecule has 0 amide bonds. The number of anilines is 1. The van der Waals surface area contributed by atoms with Gasteiger partial charge in [-0.3, -0.25) is 10.1 Å². The van der Waals surface area contributed by atoms with E-state index in [9.17, 15) is 23.3 Å². The van der Waals surface area contributed by atoms with E-state index in [-0.39, 0.29) is 23.5 Å². The number of nitro groups is 1. The molecule has 2 aromatic rings. The minimum Gasteiger partial charge on any atom is -0.496 e. The summed E-state index contributed by atoms with van der Waals surface area (Å²) in [6.07, 6.45) is 0. The number of nitrogens with zero attached hydrogens (tertiary/aromatic N) is 2. The second-order valence-corrected chi connectivity index (χ2v) is 4.80. The number of rotatable bonds is 5. The molecule has 0 aliphatic heterocycles. The van der Waals surface area contributed by atoms with Crippen LogP contribution in [0.2, 0.25) is 0 Å². The Morgan fingerprint density at radius 2 is 1.78 bits per heavy atom. The van der Waals surface area contributed by atoms with Crippen LogP contribution in [0.4, 0.5) is 24.5 Å². The second kappa shape index (κ2) is 6.55. The van der Waals surface area contributed by atoms with E-state index < -0.39 is 28.1 Å². The molecule has 0 aliphatic rings. The fourth-order valence-corrected chi connectivity index (χ4v) is 2.23. The number of para-hydroxylation sites is 1. The average Bonchev–Trinajstić information content (AvgIpc) is 2.48. The van der Waals surface area contributed by atoms with Crippen LogP contribution < -0.4 is 9.64 Å². The van der Waals surface area contributed by atoms with Gasteiger partial charge in [0.15, 0.2) is 0 Å². The van der Waals surface area contributed by atoms with Gasteiger partial charge in [0.05, 0.1) is 12.0 Å². The first kappa shape index (κ1) is 16.6. The Bertz CT molecular complexity index is 733. The Kier molecular flexibility index (Phi) is 4.73. The van der Waals surface area contributed by atoms with Gasteiger partial charge in [-0.1, -0.05) is 6.07 Å². The zero-order chi connectivity index (χ0) is 17.1. The molecule has 0 fully saturated rings. The van der Waals surface area contributed by atoms with E-state index in [0.717, 1.165) is 24.3 Å². The number of hydrogen-bond acceptors (Lipinski definition) is 4. The largest absolute Gasteiger partial charge is 0.496 e. The van der Waals surface area contributed by atoms with E-state index in [2.05, 4.69) is 0 Å². The minimum absolute atomic E-state index is 0.0525. The third-order valence-corrected chi connectivity index (χ3v) is 3.27. The molecule has 23 heavy (non-hydrogen) atoms. The van der Waals surface area contributed by atoms with Crippen molar-refractivity contribution in [1.29, 1.82) is 0 Å². The van der Waals surface area contributed by atoms with Crippen molar-refractivity contribution in [3.63, 3.8) is 0 Å². The van der Waals surface area contributed by atoms with Crippen molar-refractivity contribution in [2.24, 2.45) is 0 Å². The van der Waals surface area contributed by atoms with Crippen molar-refractivity contribution < 1.29 is 22.8 Å². The third kappa shape index (κ3) is 3.36. The molecule has 5 nitrogen and oxygen atoms in total. The summed E-state index contributed by atoms with van der Waals surface area (Å²) in [4.78, 5) is 11.2. The molecule has 0 saturated carbocycles. The van der Waals surface area contributed by atoms with Crippen LogP contribution in [-0.4, -0.2) is 19.1 Å². The summed E-state index contributed by atoms with van der Waals surface area (Å²) in [6.45, 7) is -0.109. The van der Waals surface area contributed by atoms with Gasteiger partial charge >= 0.3 is 5.69 Å². The van der Waals surface area contributed by atoms with Gasteiger partial charge in [0.1, 0.15) is 23.1 Å². The van der Waals surface area contributed by atoms with Crippen LogP contribution in [-0.2, 0) is 6.54 Å². The van der Waals surface area contributed by atoms with Crippen molar-refractivity contribution in [3.8, 4) is 5.75 Å². The summed E-state index contributed by atoms with van der Waals surface area (Å²) in [6, 6.07) is 5.28. The van der Waals surface area contributed by atoms with Gasteiger partial charge in [0.25, 0.3) is 0 Å². The maximum absolute atomic E-state index is 13.8. The molecule has 0 aromatic heterocycles. The predicted octanol–water partition coefficient (Wildman–Crippen LogP) is 3.66. The molecular formula is C15H13F3N2O3. The Morgan fingerprint density at radius 3 is 2.30 bits per heavy atom. The molecule has 122 valence electrons. The lowest BCUT2D eigenvalue weighted by atomic mass is 10.1. The lowest BCUT2D eigenvalue weighted by Gasteiger charge is -2.21. The van der Waals surface area contributed by atoms with E-state index in [1.165, 1.54) is 25.1 Å². The van der Waals surface area contributed by atoms with Gasteiger partial charge in [-0.15, -0.1) is 0 Å². The van der Waals surface area contributed by atoms with E-state index >= 15 is 0 Å². The standard InChI is InChI=1S/C15H13F3N2O3/c1-19(15-10(16)4-3-5-11(15)17)8-9-6-13(20(21)22)12(18)7-14(9)23-2/h3-7H,8H2,1-2H3. The van der Waals surface area contributed by atoms with Crippen LogP contribution in [0, 0.1) is 27.6 Å². The Hall–Kier alpha value is -2.77. The smallest absolute Gasteiger partial charge is 0.305 e. The third-order valence-electron chi connectivity index (χ3n) is 3.27. The summed E-state index contributed by atoms with van der Waals surface area (Å²) < 4.78 is 46.1. The lowest BCUT2D eigenvalue weighted by molar-refractivity contribution is -0.387. The highest BCUT2D eigenvalue weighted by Gasteiger charge is 2.21. The number of hydrogen-bond donors (Lipinski definition) is 0. The van der Waals surface area contributed by atoms with E-state index in [0.29, 0.717) is 0 Å². The SMILES string of the molecule is COc1cc(F)c([N+](=O)[O-])cc1CN(C)c1c(F)cccc1F. The zero-order valence-electron chi connectivity index (χ0n) is 12.3. The number of benzene rings is 2. The molecule has 0 aliphatic carbocycles. The molecule has 2 rings (SSSR count). The molecule has 8 heteroatoms. The Labute approximate surface area is 130 Å². The number of ether oxygens (including phenoxy) is 1. The summed E-state index contributed by atoms with van der Waals surface area (Å²) in [7, 11) is 2.68. The fourth-order valence-electron chi connectivity index (χ4n) is 2.23. The topological polar surface area (TPSA) is 55.6 Å². The van der Waals surface area contributed by atoms with E-state index in [4.69, 9.17) is 4.74 Å². The normalized spacial score (nSPS) is 10.5. The molecule has 0 N–H and O–H groups in total. The number of methoxy groups -OCH3 is 1. The lowest BCUT2D eigenvalue weighted by Crippen LogP contribution is -2.20. The van der Waals surface area contributed by atoms with Crippen LogP contribution in [0.1, 0.15) is 5.56 Å². The molecular weight excluding hydrogens is 313 g/mol. The summed E-state index contributed by atoms with van der Waals surface area (Å²) in [5, 5.41) is 10.8. The average molecular weight is 326 g/mol. The maximum Gasteiger partial charge on any atom is 0.305 e. The highest BCUT2D eigenvalue weighted by Crippen LogP contribution is 2.30. The molecule has 0 atom stereocenters. The van der Waals surface area contributed by atoms with Gasteiger partial charge in [0, 0.05) is 31.3 Å². The minimum atomic E-state index is -1.05. The predicted molar refractivity (Wildman–Crippen MR) is 78.1 cm³/mol. The van der Waals surface area contributed by atoms with E-state index in [1.54, 1.807) is 0 Å². The monoisotopic (exact) mass is 326 g/mol. The highest BCUT2D eigenvalue weighted by molar-refractivity contribution is 5.52. The summed E-state index contributed by atoms with van der Waals surface area (Å²) >= 11 is 0.